The van der Waals surface area contributed by atoms with Crippen LogP contribution in [0.4, 0.5) is 8.78 Å². The van der Waals surface area contributed by atoms with Crippen molar-refractivity contribution in [1.29, 1.82) is 0 Å². The van der Waals surface area contributed by atoms with E-state index in [1.807, 2.05) is 0 Å². The summed E-state index contributed by atoms with van der Waals surface area (Å²) in [6.45, 7) is 8.74. The Morgan fingerprint density at radius 3 is 2.26 bits per heavy atom. The van der Waals surface area contributed by atoms with E-state index in [4.69, 9.17) is 5.84 Å². The zero-order chi connectivity index (χ0) is 14.4. The van der Waals surface area contributed by atoms with Crippen molar-refractivity contribution in [2.75, 3.05) is 0 Å². The van der Waals surface area contributed by atoms with Gasteiger partial charge in [-0.1, -0.05) is 39.8 Å². The topological polar surface area (TPSA) is 38.0 Å². The Morgan fingerprint density at radius 1 is 1.21 bits per heavy atom. The van der Waals surface area contributed by atoms with Crippen molar-refractivity contribution in [3.8, 4) is 0 Å². The number of benzene rings is 1. The summed E-state index contributed by atoms with van der Waals surface area (Å²) in [6, 6.07) is 4.23. The predicted octanol–water partition coefficient (Wildman–Crippen LogP) is 3.02. The van der Waals surface area contributed by atoms with Gasteiger partial charge in [0.1, 0.15) is 0 Å². The maximum atomic E-state index is 13.7. The molecule has 3 N–H and O–H groups in total. The van der Waals surface area contributed by atoms with E-state index in [1.54, 1.807) is 6.07 Å². The molecule has 1 aliphatic rings. The van der Waals surface area contributed by atoms with Crippen LogP contribution in [-0.2, 0) is 6.42 Å². The Hall–Kier alpha value is -1.00. The third-order valence-electron chi connectivity index (χ3n) is 5.22. The van der Waals surface area contributed by atoms with Crippen molar-refractivity contribution in [1.82, 2.24) is 5.43 Å². The SMILES string of the molecule is CC1(C)C(C(Cc2cccc(F)c2F)NN)C1(C)C. The summed E-state index contributed by atoms with van der Waals surface area (Å²) < 4.78 is 27.0. The van der Waals surface area contributed by atoms with Gasteiger partial charge >= 0.3 is 0 Å². The molecule has 1 atom stereocenters. The molecule has 0 aliphatic heterocycles. The van der Waals surface area contributed by atoms with Crippen LogP contribution in [0.3, 0.4) is 0 Å². The van der Waals surface area contributed by atoms with Crippen molar-refractivity contribution in [2.24, 2.45) is 22.6 Å². The molecular weight excluding hydrogens is 246 g/mol. The average Bonchev–Trinajstić information content (AvgIpc) is 2.73. The first-order valence-corrected chi connectivity index (χ1v) is 6.62. The number of hydrazine groups is 1. The molecule has 0 saturated heterocycles. The van der Waals surface area contributed by atoms with Crippen LogP contribution in [0.15, 0.2) is 18.2 Å². The van der Waals surface area contributed by atoms with Crippen molar-refractivity contribution in [3.63, 3.8) is 0 Å². The van der Waals surface area contributed by atoms with E-state index in [9.17, 15) is 8.78 Å². The lowest BCUT2D eigenvalue weighted by molar-refractivity contribution is 0.393. The Labute approximate surface area is 113 Å². The zero-order valence-corrected chi connectivity index (χ0v) is 11.9. The Bertz CT molecular complexity index is 469. The first kappa shape index (κ1) is 14.4. The number of hydrogen-bond acceptors (Lipinski definition) is 2. The van der Waals surface area contributed by atoms with E-state index in [2.05, 4.69) is 33.1 Å². The maximum absolute atomic E-state index is 13.7. The van der Waals surface area contributed by atoms with E-state index in [0.717, 1.165) is 6.07 Å². The van der Waals surface area contributed by atoms with Crippen LogP contribution in [0.2, 0.25) is 0 Å². The van der Waals surface area contributed by atoms with E-state index < -0.39 is 11.6 Å². The van der Waals surface area contributed by atoms with Gasteiger partial charge in [-0.15, -0.1) is 0 Å². The zero-order valence-electron chi connectivity index (χ0n) is 11.9. The van der Waals surface area contributed by atoms with Crippen LogP contribution in [-0.4, -0.2) is 6.04 Å². The molecule has 19 heavy (non-hydrogen) atoms. The first-order valence-electron chi connectivity index (χ1n) is 6.62. The average molecular weight is 268 g/mol. The summed E-state index contributed by atoms with van der Waals surface area (Å²) in [4.78, 5) is 0. The molecule has 0 amide bonds. The van der Waals surface area contributed by atoms with Crippen molar-refractivity contribution in [3.05, 3.63) is 35.4 Å². The minimum absolute atomic E-state index is 0.0544. The minimum atomic E-state index is -0.803. The molecule has 2 nitrogen and oxygen atoms in total. The summed E-state index contributed by atoms with van der Waals surface area (Å²) in [7, 11) is 0. The van der Waals surface area contributed by atoms with Crippen molar-refractivity contribution in [2.45, 2.75) is 40.2 Å². The molecule has 0 heterocycles. The monoisotopic (exact) mass is 268 g/mol. The Balaban J connectivity index is 2.20. The van der Waals surface area contributed by atoms with Gasteiger partial charge in [0, 0.05) is 6.04 Å². The highest BCUT2D eigenvalue weighted by Gasteiger charge is 2.66. The lowest BCUT2D eigenvalue weighted by Gasteiger charge is -2.18. The molecule has 0 radical (unpaired) electrons. The number of nitrogens with two attached hydrogens (primary N) is 1. The second-order valence-electron chi connectivity index (χ2n) is 6.61. The molecule has 1 aliphatic carbocycles. The van der Waals surface area contributed by atoms with Gasteiger partial charge in [-0.05, 0) is 34.8 Å². The molecule has 106 valence electrons. The highest BCUT2D eigenvalue weighted by Crippen LogP contribution is 2.69. The summed E-state index contributed by atoms with van der Waals surface area (Å²) in [5, 5.41) is 0. The van der Waals surface area contributed by atoms with Gasteiger partial charge in [0.2, 0.25) is 0 Å². The minimum Gasteiger partial charge on any atom is -0.271 e. The van der Waals surface area contributed by atoms with Gasteiger partial charge < -0.3 is 0 Å². The molecule has 2 rings (SSSR count). The van der Waals surface area contributed by atoms with Crippen molar-refractivity contribution >= 4 is 0 Å². The lowest BCUT2D eigenvalue weighted by atomic mass is 9.97. The van der Waals surface area contributed by atoms with Crippen LogP contribution in [0.25, 0.3) is 0 Å². The molecule has 1 fully saturated rings. The molecule has 1 unspecified atom stereocenters. The predicted molar refractivity (Wildman–Crippen MR) is 72.2 cm³/mol. The van der Waals surface area contributed by atoms with Gasteiger partial charge in [0.15, 0.2) is 11.6 Å². The van der Waals surface area contributed by atoms with E-state index in [-0.39, 0.29) is 16.9 Å². The number of halogens is 2. The molecule has 0 bridgehead atoms. The van der Waals surface area contributed by atoms with Gasteiger partial charge in [-0.3, -0.25) is 11.3 Å². The number of hydrogen-bond donors (Lipinski definition) is 2. The highest BCUT2D eigenvalue weighted by molar-refractivity contribution is 5.23. The summed E-state index contributed by atoms with van der Waals surface area (Å²) in [5.41, 5.74) is 3.45. The quantitative estimate of drug-likeness (QED) is 0.650. The molecule has 0 spiro atoms. The standard InChI is InChI=1S/C15H22F2N2/c1-14(2)13(15(14,3)4)11(19-18)8-9-6-5-7-10(16)12(9)17/h5-7,11,13,19H,8,18H2,1-4H3. The van der Waals surface area contributed by atoms with Gasteiger partial charge in [0.05, 0.1) is 0 Å². The van der Waals surface area contributed by atoms with Gasteiger partial charge in [-0.2, -0.15) is 0 Å². The first-order chi connectivity index (χ1) is 8.73. The van der Waals surface area contributed by atoms with E-state index >= 15 is 0 Å². The normalized spacial score (nSPS) is 22.3. The van der Waals surface area contributed by atoms with Gasteiger partial charge in [0.25, 0.3) is 0 Å². The van der Waals surface area contributed by atoms with Gasteiger partial charge in [-0.25, -0.2) is 8.78 Å². The Kier molecular flexibility index (Phi) is 3.43. The largest absolute Gasteiger partial charge is 0.271 e. The second-order valence-corrected chi connectivity index (χ2v) is 6.61. The molecule has 1 aromatic carbocycles. The van der Waals surface area contributed by atoms with Crippen LogP contribution >= 0.6 is 0 Å². The number of rotatable bonds is 4. The fourth-order valence-corrected chi connectivity index (χ4v) is 3.47. The third-order valence-corrected chi connectivity index (χ3v) is 5.22. The molecule has 1 saturated carbocycles. The van der Waals surface area contributed by atoms with Crippen LogP contribution in [0.1, 0.15) is 33.3 Å². The molecule has 1 aromatic rings. The van der Waals surface area contributed by atoms with E-state index in [0.29, 0.717) is 17.9 Å². The summed E-state index contributed by atoms with van der Waals surface area (Å²) >= 11 is 0. The Morgan fingerprint density at radius 2 is 1.79 bits per heavy atom. The molecule has 4 heteroatoms. The smallest absolute Gasteiger partial charge is 0.162 e. The fraction of sp³-hybridized carbons (Fsp3) is 0.600. The van der Waals surface area contributed by atoms with Crippen LogP contribution < -0.4 is 11.3 Å². The maximum Gasteiger partial charge on any atom is 0.162 e. The van der Waals surface area contributed by atoms with Crippen molar-refractivity contribution < 1.29 is 8.78 Å². The second kappa shape index (κ2) is 4.53. The van der Waals surface area contributed by atoms with E-state index in [1.165, 1.54) is 6.07 Å². The summed E-state index contributed by atoms with van der Waals surface area (Å²) in [6.07, 6.45) is 0.400. The third kappa shape index (κ3) is 2.17. The van der Waals surface area contributed by atoms with Crippen LogP contribution in [0.5, 0.6) is 0 Å². The lowest BCUT2D eigenvalue weighted by Crippen LogP contribution is -2.40. The van der Waals surface area contributed by atoms with Crippen LogP contribution in [0, 0.1) is 28.4 Å². The molecular formula is C15H22F2N2. The number of nitrogens with one attached hydrogen (secondary N) is 1. The highest BCUT2D eigenvalue weighted by atomic mass is 19.2. The summed E-state index contributed by atoms with van der Waals surface area (Å²) in [5.74, 6) is 4.40. The molecule has 0 aromatic heterocycles. The fourth-order valence-electron chi connectivity index (χ4n) is 3.47.